The maximum absolute atomic E-state index is 10.7. The minimum Gasteiger partial charge on any atom is -0.395 e. The van der Waals surface area contributed by atoms with Crippen molar-refractivity contribution in [3.63, 3.8) is 0 Å². The van der Waals surface area contributed by atoms with Crippen LogP contribution in [0.1, 0.15) is 6.92 Å². The number of nitrogens with zero attached hydrogens (tertiary/aromatic N) is 2. The van der Waals surface area contributed by atoms with E-state index in [-0.39, 0.29) is 6.61 Å². The molecule has 7 nitrogen and oxygen atoms in total. The second kappa shape index (κ2) is 5.54. The average molecular weight is 184 g/mol. The number of nitriles is 1. The molecule has 0 aromatic rings. The van der Waals surface area contributed by atoms with E-state index in [2.05, 4.69) is 9.99 Å². The molecule has 0 aliphatic carbocycles. The van der Waals surface area contributed by atoms with E-state index in [9.17, 15) is 14.7 Å². The van der Waals surface area contributed by atoms with Crippen LogP contribution in [-0.2, 0) is 14.7 Å². The van der Waals surface area contributed by atoms with Gasteiger partial charge in [-0.2, -0.15) is 5.26 Å². The topological polar surface area (TPSA) is 111 Å². The number of hydrogen-bond acceptors (Lipinski definition) is 5. The summed E-state index contributed by atoms with van der Waals surface area (Å²) < 4.78 is 0. The summed E-state index contributed by atoms with van der Waals surface area (Å²) in [5.41, 5.74) is -0.675. The number of carbonyl (C=O) groups is 2. The van der Waals surface area contributed by atoms with Gasteiger partial charge in [-0.25, -0.2) is 9.90 Å². The summed E-state index contributed by atoms with van der Waals surface area (Å²) in [6, 6.07) is 1.36. The molecule has 0 aliphatic rings. The molecule has 0 aromatic carbocycles. The average Bonchev–Trinajstić information content (AvgIpc) is 2.04. The largest absolute Gasteiger partial charge is 0.457 e. The molecule has 7 heteroatoms. The first-order chi connectivity index (χ1) is 6.11. The normalized spacial score (nSPS) is 10.0. The fourth-order valence-electron chi connectivity index (χ4n) is 0.394. The van der Waals surface area contributed by atoms with Crippen LogP contribution < -0.4 is 5.32 Å². The summed E-state index contributed by atoms with van der Waals surface area (Å²) in [4.78, 5) is 25.0. The monoisotopic (exact) mass is 184 g/mol. The zero-order valence-electron chi connectivity index (χ0n) is 6.73. The van der Waals surface area contributed by atoms with Crippen molar-refractivity contribution in [1.29, 1.82) is 5.26 Å². The molecule has 0 saturated heterocycles. The Morgan fingerprint density at radius 1 is 1.62 bits per heavy atom. The predicted octanol–water partition coefficient (Wildman–Crippen LogP) is -0.431. The first kappa shape index (κ1) is 10.9. The van der Waals surface area contributed by atoms with Gasteiger partial charge in [0, 0.05) is 0 Å². The summed E-state index contributed by atoms with van der Waals surface area (Å²) in [6.45, 7) is 1.76. The van der Waals surface area contributed by atoms with Crippen molar-refractivity contribution in [2.45, 2.75) is 6.92 Å². The Balaban J connectivity index is 4.34. The van der Waals surface area contributed by atoms with Crippen LogP contribution in [0, 0.1) is 11.3 Å². The van der Waals surface area contributed by atoms with Crippen LogP contribution in [0.3, 0.4) is 0 Å². The summed E-state index contributed by atoms with van der Waals surface area (Å²) in [5, 5.41) is 22.6. The number of oxime groups is 1. The van der Waals surface area contributed by atoms with E-state index in [4.69, 9.17) is 5.26 Å². The number of nitrogens with one attached hydrogen (secondary N) is 1. The quantitative estimate of drug-likeness (QED) is 0.473. The fourth-order valence-corrected chi connectivity index (χ4v) is 0.394. The van der Waals surface area contributed by atoms with Gasteiger partial charge < -0.3 is 4.84 Å². The highest BCUT2D eigenvalue weighted by molar-refractivity contribution is 6.46. The van der Waals surface area contributed by atoms with Crippen LogP contribution in [0.15, 0.2) is 5.16 Å². The molecule has 2 amide bonds. The van der Waals surface area contributed by atoms with E-state index >= 15 is 0 Å². The van der Waals surface area contributed by atoms with E-state index in [1.807, 2.05) is 0 Å². The second-order valence-corrected chi connectivity index (χ2v) is 1.71. The highest BCUT2D eigenvalue weighted by atomic mass is 16.6. The predicted molar refractivity (Wildman–Crippen MR) is 38.9 cm³/mol. The number of hydrogen-bond donors (Lipinski definition) is 1. The lowest BCUT2D eigenvalue weighted by Crippen LogP contribution is -2.33. The molecule has 0 saturated carbocycles. The zero-order valence-corrected chi connectivity index (χ0v) is 6.73. The minimum atomic E-state index is -1.80. The van der Waals surface area contributed by atoms with Crippen molar-refractivity contribution in [3.05, 3.63) is 0 Å². The molecular formula is C6H6N3O4. The summed E-state index contributed by atoms with van der Waals surface area (Å²) >= 11 is 0. The molecule has 0 unspecified atom stereocenters. The Morgan fingerprint density at radius 2 is 2.23 bits per heavy atom. The molecule has 0 aromatic heterocycles. The maximum atomic E-state index is 10.7. The van der Waals surface area contributed by atoms with Gasteiger partial charge in [0.15, 0.2) is 0 Å². The molecule has 0 heterocycles. The van der Waals surface area contributed by atoms with Gasteiger partial charge >= 0.3 is 6.09 Å². The van der Waals surface area contributed by atoms with Crippen molar-refractivity contribution < 1.29 is 19.5 Å². The van der Waals surface area contributed by atoms with Gasteiger partial charge in [0.2, 0.25) is 5.71 Å². The highest BCUT2D eigenvalue weighted by Crippen LogP contribution is 1.81. The summed E-state index contributed by atoms with van der Waals surface area (Å²) in [6.07, 6.45) is -1.80. The van der Waals surface area contributed by atoms with Gasteiger partial charge in [0.1, 0.15) is 12.7 Å². The maximum Gasteiger partial charge on any atom is 0.457 e. The molecular weight excluding hydrogens is 178 g/mol. The van der Waals surface area contributed by atoms with Crippen molar-refractivity contribution >= 4 is 17.7 Å². The fraction of sp³-hybridized carbons (Fsp3) is 0.333. The third-order valence-electron chi connectivity index (χ3n) is 0.822. The first-order valence-corrected chi connectivity index (χ1v) is 3.24. The molecule has 69 valence electrons. The standard InChI is InChI=1S/C6H6N3O4/c1-2-13-9-4(3-7)5(10)8-6(11)12/h2H2,1H3,(H,8,10)/b9-4-. The third kappa shape index (κ3) is 4.36. The molecule has 1 radical (unpaired) electrons. The van der Waals surface area contributed by atoms with Crippen LogP contribution in [0.25, 0.3) is 0 Å². The van der Waals surface area contributed by atoms with Gasteiger partial charge in [-0.15, -0.1) is 0 Å². The van der Waals surface area contributed by atoms with E-state index in [1.165, 1.54) is 11.4 Å². The Kier molecular flexibility index (Phi) is 4.64. The lowest BCUT2D eigenvalue weighted by Gasteiger charge is -1.95. The molecule has 0 spiro atoms. The molecule has 0 fully saturated rings. The third-order valence-corrected chi connectivity index (χ3v) is 0.822. The van der Waals surface area contributed by atoms with Crippen LogP contribution in [0.2, 0.25) is 0 Å². The van der Waals surface area contributed by atoms with Crippen molar-refractivity contribution in [2.75, 3.05) is 6.61 Å². The van der Waals surface area contributed by atoms with E-state index in [0.29, 0.717) is 0 Å². The molecule has 1 N–H and O–H groups in total. The number of imide groups is 1. The lowest BCUT2D eigenvalue weighted by atomic mass is 10.4. The Morgan fingerprint density at radius 3 is 2.62 bits per heavy atom. The first-order valence-electron chi connectivity index (χ1n) is 3.24. The number of rotatable bonds is 3. The second-order valence-electron chi connectivity index (χ2n) is 1.71. The van der Waals surface area contributed by atoms with Gasteiger partial charge in [0.25, 0.3) is 5.91 Å². The minimum absolute atomic E-state index is 0.170. The molecule has 0 aliphatic heterocycles. The molecule has 0 atom stereocenters. The Hall–Kier alpha value is -2.10. The molecule has 13 heavy (non-hydrogen) atoms. The Bertz CT molecular complexity index is 278. The number of carbonyl (C=O) groups excluding carboxylic acids is 2. The summed E-state index contributed by atoms with van der Waals surface area (Å²) in [7, 11) is 0. The van der Waals surface area contributed by atoms with E-state index in [0.717, 1.165) is 0 Å². The van der Waals surface area contributed by atoms with Gasteiger partial charge in [-0.05, 0) is 6.92 Å². The molecule has 0 rings (SSSR count). The summed E-state index contributed by atoms with van der Waals surface area (Å²) in [5.74, 6) is -1.17. The van der Waals surface area contributed by atoms with Crippen LogP contribution in [-0.4, -0.2) is 24.3 Å². The van der Waals surface area contributed by atoms with Gasteiger partial charge in [-0.3, -0.25) is 10.1 Å². The van der Waals surface area contributed by atoms with Crippen LogP contribution in [0.5, 0.6) is 0 Å². The zero-order chi connectivity index (χ0) is 10.3. The molecule has 0 bridgehead atoms. The Labute approximate surface area is 73.6 Å². The van der Waals surface area contributed by atoms with Crippen molar-refractivity contribution in [2.24, 2.45) is 5.16 Å². The van der Waals surface area contributed by atoms with E-state index in [1.54, 1.807) is 6.92 Å². The smallest absolute Gasteiger partial charge is 0.395 e. The van der Waals surface area contributed by atoms with Crippen molar-refractivity contribution in [3.8, 4) is 6.07 Å². The highest BCUT2D eigenvalue weighted by Gasteiger charge is 2.14. The van der Waals surface area contributed by atoms with Crippen LogP contribution in [0.4, 0.5) is 4.79 Å². The van der Waals surface area contributed by atoms with Crippen LogP contribution >= 0.6 is 0 Å². The van der Waals surface area contributed by atoms with E-state index < -0.39 is 17.7 Å². The SMILES string of the molecule is CCO/N=C(/C#N)C(=O)NC([O])=O. The van der Waals surface area contributed by atoms with Crippen molar-refractivity contribution in [1.82, 2.24) is 5.32 Å². The van der Waals surface area contributed by atoms with Gasteiger partial charge in [-0.1, -0.05) is 5.16 Å². The lowest BCUT2D eigenvalue weighted by molar-refractivity contribution is -0.114. The number of amides is 2. The van der Waals surface area contributed by atoms with Gasteiger partial charge in [0.05, 0.1) is 0 Å².